The van der Waals surface area contributed by atoms with E-state index >= 15 is 0 Å². The summed E-state index contributed by atoms with van der Waals surface area (Å²) >= 11 is 1.51. The molecule has 2 unspecified atom stereocenters. The third-order valence-electron chi connectivity index (χ3n) is 3.42. The molecule has 0 saturated heterocycles. The lowest BCUT2D eigenvalue weighted by molar-refractivity contribution is -0.142. The average Bonchev–Trinajstić information content (AvgIpc) is 2.49. The van der Waals surface area contributed by atoms with Crippen LogP contribution in [-0.4, -0.2) is 40.8 Å². The number of aliphatic carboxylic acids is 1. The van der Waals surface area contributed by atoms with Gasteiger partial charge < -0.3 is 10.4 Å². The van der Waals surface area contributed by atoms with Crippen molar-refractivity contribution in [2.24, 2.45) is 5.92 Å². The highest BCUT2D eigenvalue weighted by Gasteiger charge is 2.27. The molecule has 0 aliphatic carbocycles. The lowest BCUT2D eigenvalue weighted by Gasteiger charge is -2.17. The van der Waals surface area contributed by atoms with Gasteiger partial charge in [0, 0.05) is 5.56 Å². The highest BCUT2D eigenvalue weighted by atomic mass is 32.2. The van der Waals surface area contributed by atoms with Gasteiger partial charge in [0.2, 0.25) is 5.91 Å². The first kappa shape index (κ1) is 18.2. The smallest absolute Gasteiger partial charge is 0.326 e. The van der Waals surface area contributed by atoms with Crippen LogP contribution in [0.2, 0.25) is 0 Å². The second kappa shape index (κ2) is 8.58. The number of carboxylic acids is 1. The molecule has 0 spiro atoms. The molecule has 2 N–H and O–H groups in total. The largest absolute Gasteiger partial charge is 0.480 e. The average molecular weight is 323 g/mol. The Hall–Kier alpha value is -1.82. The normalized spacial score (nSPS) is 13.2. The minimum atomic E-state index is -1.09. The molecule has 1 aromatic rings. The van der Waals surface area contributed by atoms with Gasteiger partial charge in [0.05, 0.1) is 5.92 Å². The second-order valence-electron chi connectivity index (χ2n) is 5.08. The van der Waals surface area contributed by atoms with Crippen molar-refractivity contribution >= 4 is 29.4 Å². The van der Waals surface area contributed by atoms with Crippen LogP contribution in [0.4, 0.5) is 0 Å². The Balaban J connectivity index is 2.77. The molecule has 0 aliphatic heterocycles. The fraction of sp³-hybridized carbons (Fsp3) is 0.438. The molecule has 0 bridgehead atoms. The van der Waals surface area contributed by atoms with Crippen molar-refractivity contribution in [3.05, 3.63) is 35.4 Å². The van der Waals surface area contributed by atoms with Crippen molar-refractivity contribution in [3.63, 3.8) is 0 Å². The van der Waals surface area contributed by atoms with Gasteiger partial charge in [-0.1, -0.05) is 24.3 Å². The van der Waals surface area contributed by atoms with Crippen molar-refractivity contribution in [1.82, 2.24) is 5.32 Å². The van der Waals surface area contributed by atoms with E-state index in [0.29, 0.717) is 17.7 Å². The Morgan fingerprint density at radius 3 is 2.45 bits per heavy atom. The number of hydrogen-bond acceptors (Lipinski definition) is 4. The van der Waals surface area contributed by atoms with Crippen molar-refractivity contribution < 1.29 is 19.5 Å². The van der Waals surface area contributed by atoms with Gasteiger partial charge >= 0.3 is 5.97 Å². The topological polar surface area (TPSA) is 83.5 Å². The molecular weight excluding hydrogens is 302 g/mol. The summed E-state index contributed by atoms with van der Waals surface area (Å²) in [4.78, 5) is 35.7. The van der Waals surface area contributed by atoms with Crippen LogP contribution >= 0.6 is 11.8 Å². The van der Waals surface area contributed by atoms with E-state index in [1.54, 1.807) is 25.1 Å². The third kappa shape index (κ3) is 4.87. The Labute approximate surface area is 134 Å². The van der Waals surface area contributed by atoms with Crippen LogP contribution in [0.25, 0.3) is 0 Å². The number of nitrogens with one attached hydrogen (secondary N) is 1. The maximum Gasteiger partial charge on any atom is 0.326 e. The predicted octanol–water partition coefficient (Wildman–Crippen LogP) is 2.14. The van der Waals surface area contributed by atoms with Crippen LogP contribution in [0, 0.1) is 12.8 Å². The van der Waals surface area contributed by atoms with E-state index in [0.717, 1.165) is 5.56 Å². The van der Waals surface area contributed by atoms with Gasteiger partial charge in [0.25, 0.3) is 0 Å². The Morgan fingerprint density at radius 2 is 1.91 bits per heavy atom. The van der Waals surface area contributed by atoms with E-state index in [-0.39, 0.29) is 5.78 Å². The van der Waals surface area contributed by atoms with Gasteiger partial charge in [0.15, 0.2) is 5.78 Å². The molecule has 1 aromatic carbocycles. The first-order chi connectivity index (χ1) is 10.4. The molecule has 2 atom stereocenters. The zero-order chi connectivity index (χ0) is 16.7. The Kier molecular flexibility index (Phi) is 7.11. The van der Waals surface area contributed by atoms with Crippen molar-refractivity contribution in [2.75, 3.05) is 12.0 Å². The van der Waals surface area contributed by atoms with Crippen LogP contribution in [0.5, 0.6) is 0 Å². The molecule has 1 amide bonds. The zero-order valence-corrected chi connectivity index (χ0v) is 13.8. The van der Waals surface area contributed by atoms with Gasteiger partial charge in [-0.2, -0.15) is 11.8 Å². The van der Waals surface area contributed by atoms with Crippen LogP contribution in [0.3, 0.4) is 0 Å². The number of carbonyl (C=O) groups excluding carboxylic acids is 2. The van der Waals surface area contributed by atoms with E-state index < -0.39 is 23.8 Å². The summed E-state index contributed by atoms with van der Waals surface area (Å²) in [6.07, 6.45) is 2.19. The number of thioether (sulfide) groups is 1. The van der Waals surface area contributed by atoms with E-state index in [1.807, 2.05) is 12.3 Å². The molecule has 0 radical (unpaired) electrons. The summed E-state index contributed by atoms with van der Waals surface area (Å²) in [7, 11) is 0. The molecule has 5 nitrogen and oxygen atoms in total. The number of Topliss-reactive ketones (excluding diaryl/α,β-unsaturated/α-hetero) is 1. The second-order valence-corrected chi connectivity index (χ2v) is 6.07. The van der Waals surface area contributed by atoms with E-state index in [9.17, 15) is 14.4 Å². The van der Waals surface area contributed by atoms with Gasteiger partial charge in [-0.3, -0.25) is 9.59 Å². The fourth-order valence-electron chi connectivity index (χ4n) is 1.99. The van der Waals surface area contributed by atoms with Crippen molar-refractivity contribution in [3.8, 4) is 0 Å². The summed E-state index contributed by atoms with van der Waals surface area (Å²) in [5.74, 6) is -2.24. The predicted molar refractivity (Wildman–Crippen MR) is 87.2 cm³/mol. The number of aryl methyl sites for hydroxylation is 1. The molecule has 0 aliphatic rings. The number of rotatable bonds is 8. The van der Waals surface area contributed by atoms with Gasteiger partial charge in [-0.05, 0) is 37.8 Å². The van der Waals surface area contributed by atoms with Crippen LogP contribution in [0.1, 0.15) is 29.3 Å². The molecule has 0 saturated carbocycles. The van der Waals surface area contributed by atoms with Crippen LogP contribution in [0.15, 0.2) is 24.3 Å². The number of benzene rings is 1. The first-order valence-electron chi connectivity index (χ1n) is 7.00. The Morgan fingerprint density at radius 1 is 1.27 bits per heavy atom. The van der Waals surface area contributed by atoms with E-state index in [4.69, 9.17) is 5.11 Å². The SMILES string of the molecule is CSCCC(NC(=O)C(C)C(=O)c1ccccc1C)C(=O)O. The molecule has 6 heteroatoms. The highest BCUT2D eigenvalue weighted by Crippen LogP contribution is 2.14. The highest BCUT2D eigenvalue weighted by molar-refractivity contribution is 7.98. The number of amides is 1. The third-order valence-corrected chi connectivity index (χ3v) is 4.07. The molecule has 22 heavy (non-hydrogen) atoms. The number of carbonyl (C=O) groups is 3. The van der Waals surface area contributed by atoms with Crippen LogP contribution in [-0.2, 0) is 9.59 Å². The monoisotopic (exact) mass is 323 g/mol. The number of hydrogen-bond donors (Lipinski definition) is 2. The molecule has 0 fully saturated rings. The van der Waals surface area contributed by atoms with Gasteiger partial charge in [-0.15, -0.1) is 0 Å². The Bertz CT molecular complexity index is 559. The summed E-state index contributed by atoms with van der Waals surface area (Å²) in [5.41, 5.74) is 1.28. The fourth-order valence-corrected chi connectivity index (χ4v) is 2.46. The quantitative estimate of drug-likeness (QED) is 0.566. The molecular formula is C16H21NO4S. The van der Waals surface area contributed by atoms with Crippen molar-refractivity contribution in [1.29, 1.82) is 0 Å². The maximum atomic E-state index is 12.4. The summed E-state index contributed by atoms with van der Waals surface area (Å²) in [6, 6.07) is 6.07. The molecule has 0 aromatic heterocycles. The lowest BCUT2D eigenvalue weighted by Crippen LogP contribution is -2.45. The van der Waals surface area contributed by atoms with Gasteiger partial charge in [-0.25, -0.2) is 4.79 Å². The maximum absolute atomic E-state index is 12.4. The summed E-state index contributed by atoms with van der Waals surface area (Å²) < 4.78 is 0. The zero-order valence-electron chi connectivity index (χ0n) is 13.0. The van der Waals surface area contributed by atoms with Gasteiger partial charge in [0.1, 0.15) is 6.04 Å². The van der Waals surface area contributed by atoms with Crippen LogP contribution < -0.4 is 5.32 Å². The standard InChI is InChI=1S/C16H21NO4S/c1-10-6-4-5-7-12(10)14(18)11(2)15(19)17-13(16(20)21)8-9-22-3/h4-7,11,13H,8-9H2,1-3H3,(H,17,19)(H,20,21). The summed E-state index contributed by atoms with van der Waals surface area (Å²) in [5, 5.41) is 11.6. The number of carboxylic acid groups (broad SMARTS) is 1. The van der Waals surface area contributed by atoms with E-state index in [1.165, 1.54) is 18.7 Å². The first-order valence-corrected chi connectivity index (χ1v) is 8.39. The molecule has 120 valence electrons. The molecule has 1 rings (SSSR count). The molecule has 0 heterocycles. The minimum Gasteiger partial charge on any atom is -0.480 e. The number of ketones is 1. The minimum absolute atomic E-state index is 0.301. The summed E-state index contributed by atoms with van der Waals surface area (Å²) in [6.45, 7) is 3.30. The lowest BCUT2D eigenvalue weighted by atomic mass is 9.95. The van der Waals surface area contributed by atoms with Crippen molar-refractivity contribution in [2.45, 2.75) is 26.3 Å². The van der Waals surface area contributed by atoms with E-state index in [2.05, 4.69) is 5.32 Å².